The highest BCUT2D eigenvalue weighted by Crippen LogP contribution is 2.24. The highest BCUT2D eigenvalue weighted by molar-refractivity contribution is 5.75. The van der Waals surface area contributed by atoms with Gasteiger partial charge in [0.1, 0.15) is 11.6 Å². The van der Waals surface area contributed by atoms with Crippen LogP contribution in [0.2, 0.25) is 0 Å². The summed E-state index contributed by atoms with van der Waals surface area (Å²) in [4.78, 5) is 10.1. The lowest BCUT2D eigenvalue weighted by Gasteiger charge is -2.11. The summed E-state index contributed by atoms with van der Waals surface area (Å²) in [7, 11) is 0. The molecule has 0 radical (unpaired) electrons. The second kappa shape index (κ2) is 3.80. The molecule has 1 aromatic rings. The molecular formula is C9H7F3O3. The molecule has 0 aromatic heterocycles. The average Bonchev–Trinajstić information content (AvgIpc) is 2.09. The molecule has 0 saturated heterocycles. The maximum atomic E-state index is 13.0. The molecule has 0 unspecified atom stereocenters. The number of carboxylic acid groups (broad SMARTS) is 1. The van der Waals surface area contributed by atoms with E-state index in [9.17, 15) is 18.0 Å². The predicted molar refractivity (Wildman–Crippen MR) is 44.4 cm³/mol. The smallest absolute Gasteiger partial charge is 0.374 e. The Morgan fingerprint density at radius 1 is 1.40 bits per heavy atom. The summed E-state index contributed by atoms with van der Waals surface area (Å²) < 4.78 is 38.3. The van der Waals surface area contributed by atoms with Crippen molar-refractivity contribution in [3.63, 3.8) is 0 Å². The summed E-state index contributed by atoms with van der Waals surface area (Å²) in [6.07, 6.45) is -1.24. The zero-order valence-electron chi connectivity index (χ0n) is 7.38. The van der Waals surface area contributed by atoms with Crippen LogP contribution < -0.4 is 0 Å². The third-order valence-electron chi connectivity index (χ3n) is 1.76. The largest absolute Gasteiger partial charge is 0.508 e. The van der Waals surface area contributed by atoms with E-state index in [-0.39, 0.29) is 0 Å². The first-order chi connectivity index (χ1) is 6.83. The Labute approximate surface area is 82.8 Å². The van der Waals surface area contributed by atoms with Gasteiger partial charge >= 0.3 is 11.9 Å². The molecule has 0 spiro atoms. The van der Waals surface area contributed by atoms with E-state index < -0.39 is 35.4 Å². The minimum Gasteiger partial charge on any atom is -0.508 e. The molecule has 0 aliphatic rings. The van der Waals surface area contributed by atoms with E-state index >= 15 is 0 Å². The SMILES string of the molecule is O=C(O)C(F)(F)Cc1ccc(O)cc1F. The second-order valence-electron chi connectivity index (χ2n) is 2.96. The highest BCUT2D eigenvalue weighted by atomic mass is 19.3. The monoisotopic (exact) mass is 220 g/mol. The summed E-state index contributed by atoms with van der Waals surface area (Å²) in [5.41, 5.74) is -0.458. The molecule has 0 saturated carbocycles. The number of aromatic hydroxyl groups is 1. The first-order valence-electron chi connectivity index (χ1n) is 3.91. The molecule has 1 aromatic carbocycles. The summed E-state index contributed by atoms with van der Waals surface area (Å²) >= 11 is 0. The molecule has 1 rings (SSSR count). The fourth-order valence-corrected chi connectivity index (χ4v) is 0.994. The van der Waals surface area contributed by atoms with Gasteiger partial charge in [0.2, 0.25) is 0 Å². The van der Waals surface area contributed by atoms with Crippen LogP contribution in [0.25, 0.3) is 0 Å². The van der Waals surface area contributed by atoms with E-state index in [0.717, 1.165) is 12.1 Å². The van der Waals surface area contributed by atoms with Gasteiger partial charge in [0.25, 0.3) is 0 Å². The summed E-state index contributed by atoms with van der Waals surface area (Å²) in [5, 5.41) is 16.9. The Balaban J connectivity index is 2.95. The fraction of sp³-hybridized carbons (Fsp3) is 0.222. The number of rotatable bonds is 3. The summed E-state index contributed by atoms with van der Waals surface area (Å²) in [5.74, 6) is -7.79. The van der Waals surface area contributed by atoms with Gasteiger partial charge in [0, 0.05) is 6.07 Å². The van der Waals surface area contributed by atoms with Crippen LogP contribution in [0.15, 0.2) is 18.2 Å². The van der Waals surface area contributed by atoms with Crippen molar-refractivity contribution in [1.29, 1.82) is 0 Å². The van der Waals surface area contributed by atoms with Gasteiger partial charge in [-0.3, -0.25) is 0 Å². The Kier molecular flexibility index (Phi) is 2.88. The van der Waals surface area contributed by atoms with Crippen LogP contribution in [-0.2, 0) is 11.2 Å². The Morgan fingerprint density at radius 2 is 2.00 bits per heavy atom. The third kappa shape index (κ3) is 2.61. The topological polar surface area (TPSA) is 57.5 Å². The number of phenolic OH excluding ortho intramolecular Hbond substituents is 1. The van der Waals surface area contributed by atoms with Crippen LogP contribution in [-0.4, -0.2) is 22.1 Å². The van der Waals surface area contributed by atoms with Crippen molar-refractivity contribution in [3.8, 4) is 5.75 Å². The maximum Gasteiger partial charge on any atom is 0.374 e. The molecule has 0 aliphatic heterocycles. The number of benzene rings is 1. The highest BCUT2D eigenvalue weighted by Gasteiger charge is 2.39. The van der Waals surface area contributed by atoms with Gasteiger partial charge in [-0.1, -0.05) is 6.07 Å². The van der Waals surface area contributed by atoms with E-state index in [1.165, 1.54) is 0 Å². The van der Waals surface area contributed by atoms with Gasteiger partial charge in [-0.2, -0.15) is 8.78 Å². The van der Waals surface area contributed by atoms with Gasteiger partial charge in [-0.05, 0) is 11.6 Å². The van der Waals surface area contributed by atoms with E-state index in [0.29, 0.717) is 6.07 Å². The minimum atomic E-state index is -4.02. The zero-order chi connectivity index (χ0) is 11.6. The Hall–Kier alpha value is -1.72. The van der Waals surface area contributed by atoms with Crippen molar-refractivity contribution in [2.75, 3.05) is 0 Å². The van der Waals surface area contributed by atoms with Crippen LogP contribution in [0.5, 0.6) is 5.75 Å². The number of carbonyl (C=O) groups is 1. The van der Waals surface area contributed by atoms with Crippen molar-refractivity contribution in [1.82, 2.24) is 0 Å². The third-order valence-corrected chi connectivity index (χ3v) is 1.76. The van der Waals surface area contributed by atoms with Crippen molar-refractivity contribution >= 4 is 5.97 Å². The second-order valence-corrected chi connectivity index (χ2v) is 2.96. The lowest BCUT2D eigenvalue weighted by molar-refractivity contribution is -0.164. The van der Waals surface area contributed by atoms with Crippen molar-refractivity contribution in [2.45, 2.75) is 12.3 Å². The molecular weight excluding hydrogens is 213 g/mol. The maximum absolute atomic E-state index is 13.0. The van der Waals surface area contributed by atoms with E-state index in [2.05, 4.69) is 0 Å². The molecule has 15 heavy (non-hydrogen) atoms. The molecule has 3 nitrogen and oxygen atoms in total. The summed E-state index contributed by atoms with van der Waals surface area (Å²) in [6.45, 7) is 0. The standard InChI is InChI=1S/C9H7F3O3/c10-7-3-6(13)2-1-5(7)4-9(11,12)8(14)15/h1-3,13H,4H2,(H,14,15). The normalized spacial score (nSPS) is 11.4. The quantitative estimate of drug-likeness (QED) is 0.816. The first kappa shape index (κ1) is 11.4. The van der Waals surface area contributed by atoms with Crippen molar-refractivity contribution in [2.24, 2.45) is 0 Å². The number of aliphatic carboxylic acids is 1. The minimum absolute atomic E-state index is 0.408. The molecule has 0 aliphatic carbocycles. The zero-order valence-corrected chi connectivity index (χ0v) is 7.38. The Bertz CT molecular complexity index is 390. The molecule has 0 fully saturated rings. The molecule has 2 N–H and O–H groups in total. The fourth-order valence-electron chi connectivity index (χ4n) is 0.994. The van der Waals surface area contributed by atoms with Crippen LogP contribution in [0, 0.1) is 5.82 Å². The number of halogens is 3. The Morgan fingerprint density at radius 3 is 2.47 bits per heavy atom. The van der Waals surface area contributed by atoms with Crippen molar-refractivity contribution < 1.29 is 28.2 Å². The molecule has 6 heteroatoms. The van der Waals surface area contributed by atoms with Gasteiger partial charge in [-0.15, -0.1) is 0 Å². The van der Waals surface area contributed by atoms with Crippen LogP contribution in [0.3, 0.4) is 0 Å². The van der Waals surface area contributed by atoms with Gasteiger partial charge < -0.3 is 10.2 Å². The van der Waals surface area contributed by atoms with Crippen molar-refractivity contribution in [3.05, 3.63) is 29.6 Å². The lowest BCUT2D eigenvalue weighted by Crippen LogP contribution is -2.31. The molecule has 0 amide bonds. The van der Waals surface area contributed by atoms with Gasteiger partial charge in [0.05, 0.1) is 6.42 Å². The van der Waals surface area contributed by atoms with Crippen LogP contribution >= 0.6 is 0 Å². The predicted octanol–water partition coefficient (Wildman–Crippen LogP) is 1.79. The lowest BCUT2D eigenvalue weighted by atomic mass is 10.1. The van der Waals surface area contributed by atoms with Crippen LogP contribution in [0.4, 0.5) is 13.2 Å². The molecule has 0 atom stereocenters. The number of phenols is 1. The number of hydrogen-bond acceptors (Lipinski definition) is 2. The first-order valence-corrected chi connectivity index (χ1v) is 3.91. The summed E-state index contributed by atoms with van der Waals surface area (Å²) in [6, 6.07) is 2.57. The molecule has 0 bridgehead atoms. The molecule has 0 heterocycles. The van der Waals surface area contributed by atoms with Crippen LogP contribution in [0.1, 0.15) is 5.56 Å². The van der Waals surface area contributed by atoms with Gasteiger partial charge in [0.15, 0.2) is 0 Å². The molecule has 82 valence electrons. The number of alkyl halides is 2. The van der Waals surface area contributed by atoms with E-state index in [4.69, 9.17) is 10.2 Å². The average molecular weight is 220 g/mol. The number of carboxylic acids is 1. The van der Waals surface area contributed by atoms with Gasteiger partial charge in [-0.25, -0.2) is 9.18 Å². The number of hydrogen-bond donors (Lipinski definition) is 2. The van der Waals surface area contributed by atoms with E-state index in [1.807, 2.05) is 0 Å². The van der Waals surface area contributed by atoms with E-state index in [1.54, 1.807) is 0 Å².